The molecule has 6 nitrogen and oxygen atoms in total. The predicted molar refractivity (Wildman–Crippen MR) is 154 cm³/mol. The van der Waals surface area contributed by atoms with Gasteiger partial charge in [0.1, 0.15) is 22.9 Å². The van der Waals surface area contributed by atoms with Gasteiger partial charge in [0.25, 0.3) is 0 Å². The molecule has 0 saturated carbocycles. The fourth-order valence-corrected chi connectivity index (χ4v) is 5.99. The van der Waals surface area contributed by atoms with Gasteiger partial charge in [-0.15, -0.1) is 0 Å². The van der Waals surface area contributed by atoms with E-state index in [0.29, 0.717) is 0 Å². The average Bonchev–Trinajstić information content (AvgIpc) is 3.23. The molecule has 0 aromatic heterocycles. The second-order valence-electron chi connectivity index (χ2n) is 11.4. The number of carbonyl (C=O) groups excluding carboxylic acids is 2. The summed E-state index contributed by atoms with van der Waals surface area (Å²) in [6.45, 7) is 5.76. The Balaban J connectivity index is 1.91. The molecule has 1 aliphatic heterocycles. The van der Waals surface area contributed by atoms with Gasteiger partial charge >= 0.3 is 5.97 Å². The minimum Gasteiger partial charge on any atom is -0.465 e. The van der Waals surface area contributed by atoms with E-state index in [0.717, 1.165) is 25.3 Å². The number of esters is 1. The molecule has 2 N–H and O–H groups in total. The van der Waals surface area contributed by atoms with Gasteiger partial charge in [-0.1, -0.05) is 62.2 Å². The lowest BCUT2D eigenvalue weighted by molar-refractivity contribution is -0.118. The monoisotopic (exact) mass is 617 g/mol. The molecule has 3 aromatic rings. The van der Waals surface area contributed by atoms with E-state index < -0.39 is 58.2 Å². The van der Waals surface area contributed by atoms with Crippen LogP contribution in [0.5, 0.6) is 0 Å². The van der Waals surface area contributed by atoms with E-state index in [1.165, 1.54) is 36.4 Å². The zero-order valence-corrected chi connectivity index (χ0v) is 24.7. The number of anilines is 1. The van der Waals surface area contributed by atoms with Crippen LogP contribution in [0, 0.1) is 34.2 Å². The van der Waals surface area contributed by atoms with Gasteiger partial charge in [-0.25, -0.2) is 18.0 Å². The number of ether oxygens (including phenoxy) is 1. The molecule has 1 aliphatic rings. The van der Waals surface area contributed by atoms with Gasteiger partial charge in [-0.2, -0.15) is 5.26 Å². The minimum absolute atomic E-state index is 0.00299. The van der Waals surface area contributed by atoms with Crippen LogP contribution in [0.25, 0.3) is 0 Å². The Labute approximate surface area is 251 Å². The van der Waals surface area contributed by atoms with Crippen LogP contribution in [0.15, 0.2) is 54.6 Å². The van der Waals surface area contributed by atoms with Crippen LogP contribution in [0.4, 0.5) is 18.9 Å². The Kier molecular flexibility index (Phi) is 8.93. The third kappa shape index (κ3) is 5.84. The molecule has 1 heterocycles. The SMILES string of the molecule is COC(=O)c1ccc(NC(=O)[C@@H]2N[C@@H](CC(C)(C)C)[C@](C#N)(c3ccc(Cl)cc3F)[C@H]2c2cccc(Cl)c2F)cc1F. The Morgan fingerprint density at radius 2 is 1.79 bits per heavy atom. The first-order valence-electron chi connectivity index (χ1n) is 13.0. The van der Waals surface area contributed by atoms with Crippen molar-refractivity contribution in [1.82, 2.24) is 5.32 Å². The molecule has 1 fully saturated rings. The largest absolute Gasteiger partial charge is 0.465 e. The zero-order valence-electron chi connectivity index (χ0n) is 23.2. The lowest BCUT2D eigenvalue weighted by atomic mass is 9.62. The molecule has 4 atom stereocenters. The molecule has 42 heavy (non-hydrogen) atoms. The standard InChI is InChI=1S/C31H28Cl2F3N3O3/c1-30(2,3)14-24-31(15-37,20-11-8-16(32)12-23(20)35)25(19-6-5-7-21(33)26(19)36)27(39-24)28(40)38-17-9-10-18(22(34)13-17)29(41)42-4/h5-13,24-25,27,39H,14H2,1-4H3,(H,38,40)/t24-,25-,27+,31-/m0/s1. The minimum atomic E-state index is -1.81. The van der Waals surface area contributed by atoms with Gasteiger partial charge in [-0.05, 0) is 53.8 Å². The van der Waals surface area contributed by atoms with Crippen molar-refractivity contribution < 1.29 is 27.5 Å². The summed E-state index contributed by atoms with van der Waals surface area (Å²) in [6.07, 6.45) is 0.285. The van der Waals surface area contributed by atoms with Gasteiger partial charge in [0.15, 0.2) is 0 Å². The molecular weight excluding hydrogens is 590 g/mol. The molecule has 1 saturated heterocycles. The number of hydrogen-bond acceptors (Lipinski definition) is 5. The Hall–Kier alpha value is -3.58. The zero-order chi connectivity index (χ0) is 31.0. The van der Waals surface area contributed by atoms with Crippen molar-refractivity contribution in [1.29, 1.82) is 5.26 Å². The number of rotatable bonds is 6. The van der Waals surface area contributed by atoms with Crippen LogP contribution in [0.2, 0.25) is 10.0 Å². The van der Waals surface area contributed by atoms with E-state index >= 15 is 8.78 Å². The molecule has 0 radical (unpaired) electrons. The quantitative estimate of drug-likeness (QED) is 0.286. The second kappa shape index (κ2) is 12.0. The maximum absolute atomic E-state index is 15.7. The van der Waals surface area contributed by atoms with Gasteiger partial charge in [-0.3, -0.25) is 4.79 Å². The third-order valence-corrected chi connectivity index (χ3v) is 7.90. The van der Waals surface area contributed by atoms with Crippen molar-refractivity contribution in [2.45, 2.75) is 50.6 Å². The molecule has 4 rings (SSSR count). The summed E-state index contributed by atoms with van der Waals surface area (Å²) in [6, 6.07) is 11.6. The van der Waals surface area contributed by atoms with Gasteiger partial charge < -0.3 is 15.4 Å². The number of benzene rings is 3. The average molecular weight is 618 g/mol. The molecule has 0 aliphatic carbocycles. The highest BCUT2D eigenvalue weighted by molar-refractivity contribution is 6.31. The topological polar surface area (TPSA) is 91.2 Å². The normalized spacial score (nSPS) is 22.0. The molecule has 11 heteroatoms. The lowest BCUT2D eigenvalue weighted by Gasteiger charge is -2.37. The predicted octanol–water partition coefficient (Wildman–Crippen LogP) is 7.16. The summed E-state index contributed by atoms with van der Waals surface area (Å²) < 4.78 is 50.6. The summed E-state index contributed by atoms with van der Waals surface area (Å²) in [5, 5.41) is 16.5. The number of hydrogen-bond donors (Lipinski definition) is 2. The van der Waals surface area contributed by atoms with E-state index in [-0.39, 0.29) is 38.8 Å². The third-order valence-electron chi connectivity index (χ3n) is 7.37. The summed E-state index contributed by atoms with van der Waals surface area (Å²) in [5.74, 6) is -5.51. The molecule has 0 bridgehead atoms. The van der Waals surface area contributed by atoms with Crippen LogP contribution >= 0.6 is 23.2 Å². The van der Waals surface area contributed by atoms with Crippen molar-refractivity contribution in [2.24, 2.45) is 5.41 Å². The van der Waals surface area contributed by atoms with Gasteiger partial charge in [0.05, 0.1) is 29.8 Å². The van der Waals surface area contributed by atoms with Crippen molar-refractivity contribution in [2.75, 3.05) is 12.4 Å². The number of methoxy groups -OCH3 is 1. The first-order valence-corrected chi connectivity index (χ1v) is 13.7. The van der Waals surface area contributed by atoms with Crippen molar-refractivity contribution >= 4 is 40.8 Å². The first kappa shape index (κ1) is 31.4. The highest BCUT2D eigenvalue weighted by Crippen LogP contribution is 2.52. The molecule has 1 amide bonds. The molecule has 0 spiro atoms. The summed E-state index contributed by atoms with van der Waals surface area (Å²) in [5.41, 5.74) is -2.70. The van der Waals surface area contributed by atoms with Crippen molar-refractivity contribution in [3.63, 3.8) is 0 Å². The lowest BCUT2D eigenvalue weighted by Crippen LogP contribution is -2.45. The number of amides is 1. The molecule has 220 valence electrons. The van der Waals surface area contributed by atoms with E-state index in [1.807, 2.05) is 20.8 Å². The van der Waals surface area contributed by atoms with Gasteiger partial charge in [0, 0.05) is 28.2 Å². The second-order valence-corrected chi connectivity index (χ2v) is 12.2. The summed E-state index contributed by atoms with van der Waals surface area (Å²) in [4.78, 5) is 25.7. The smallest absolute Gasteiger partial charge is 0.340 e. The number of nitriles is 1. The number of nitrogens with one attached hydrogen (secondary N) is 2. The van der Waals surface area contributed by atoms with Crippen LogP contribution in [0.3, 0.4) is 0 Å². The Bertz CT molecular complexity index is 1590. The number of carbonyl (C=O) groups is 2. The Morgan fingerprint density at radius 3 is 2.38 bits per heavy atom. The number of halogens is 5. The van der Waals surface area contributed by atoms with Crippen molar-refractivity contribution in [3.8, 4) is 6.07 Å². The Morgan fingerprint density at radius 1 is 1.07 bits per heavy atom. The van der Waals surface area contributed by atoms with E-state index in [4.69, 9.17) is 23.2 Å². The highest BCUT2D eigenvalue weighted by atomic mass is 35.5. The maximum atomic E-state index is 15.7. The van der Waals surface area contributed by atoms with Crippen LogP contribution < -0.4 is 10.6 Å². The van der Waals surface area contributed by atoms with E-state index in [2.05, 4.69) is 21.4 Å². The van der Waals surface area contributed by atoms with Crippen LogP contribution in [-0.4, -0.2) is 31.1 Å². The fourth-order valence-electron chi connectivity index (χ4n) is 5.65. The number of nitrogens with zero attached hydrogens (tertiary/aromatic N) is 1. The highest BCUT2D eigenvalue weighted by Gasteiger charge is 2.61. The maximum Gasteiger partial charge on any atom is 0.340 e. The fraction of sp³-hybridized carbons (Fsp3) is 0.323. The van der Waals surface area contributed by atoms with E-state index in [1.54, 1.807) is 0 Å². The van der Waals surface area contributed by atoms with Gasteiger partial charge in [0.2, 0.25) is 5.91 Å². The molecular formula is C31H28Cl2F3N3O3. The summed E-state index contributed by atoms with van der Waals surface area (Å²) >= 11 is 12.2. The first-order chi connectivity index (χ1) is 19.7. The van der Waals surface area contributed by atoms with Crippen LogP contribution in [-0.2, 0) is 14.9 Å². The van der Waals surface area contributed by atoms with Crippen LogP contribution in [0.1, 0.15) is 54.6 Å². The molecule has 3 aromatic carbocycles. The molecule has 0 unspecified atom stereocenters. The summed E-state index contributed by atoms with van der Waals surface area (Å²) in [7, 11) is 1.11. The van der Waals surface area contributed by atoms with E-state index in [9.17, 15) is 19.2 Å². The van der Waals surface area contributed by atoms with Crippen molar-refractivity contribution in [3.05, 3.63) is 98.8 Å².